The third kappa shape index (κ3) is 4.35. The predicted molar refractivity (Wildman–Crippen MR) is 75.3 cm³/mol. The number of nitrogens with zero attached hydrogens (tertiary/aromatic N) is 2. The summed E-state index contributed by atoms with van der Waals surface area (Å²) in [7, 11) is 0. The number of amides is 1. The molecule has 0 saturated carbocycles. The van der Waals surface area contributed by atoms with Crippen LogP contribution in [0, 0.1) is 0 Å². The summed E-state index contributed by atoms with van der Waals surface area (Å²) in [5.41, 5.74) is -0.407. The summed E-state index contributed by atoms with van der Waals surface area (Å²) in [5, 5.41) is 3.48. The number of hydrogen-bond donors (Lipinski definition) is 1. The molecule has 0 aromatic carbocycles. The average molecular weight is 269 g/mol. The van der Waals surface area contributed by atoms with Crippen molar-refractivity contribution < 1.29 is 9.53 Å². The van der Waals surface area contributed by atoms with Crippen LogP contribution in [0.2, 0.25) is 0 Å². The molecule has 2 aliphatic rings. The third-order valence-corrected chi connectivity index (χ3v) is 3.74. The van der Waals surface area contributed by atoms with E-state index in [-0.39, 0.29) is 6.09 Å². The molecule has 5 heteroatoms. The van der Waals surface area contributed by atoms with Crippen LogP contribution in [0.4, 0.5) is 4.79 Å². The lowest BCUT2D eigenvalue weighted by Crippen LogP contribution is -2.40. The Morgan fingerprint density at radius 2 is 2.00 bits per heavy atom. The second-order valence-corrected chi connectivity index (χ2v) is 6.50. The number of nitrogens with one attached hydrogen (secondary N) is 1. The van der Waals surface area contributed by atoms with Crippen molar-refractivity contribution in [2.24, 2.45) is 0 Å². The monoisotopic (exact) mass is 269 g/mol. The first-order chi connectivity index (χ1) is 8.96. The highest BCUT2D eigenvalue weighted by Crippen LogP contribution is 2.16. The van der Waals surface area contributed by atoms with Gasteiger partial charge in [-0.05, 0) is 46.7 Å². The first-order valence-corrected chi connectivity index (χ1v) is 7.38. The van der Waals surface area contributed by atoms with E-state index in [2.05, 4.69) is 10.2 Å². The SMILES string of the molecule is CC(C)(C)OC(=O)N1CCC2CNCCCN2CC1. The molecule has 2 heterocycles. The van der Waals surface area contributed by atoms with Gasteiger partial charge in [-0.15, -0.1) is 0 Å². The predicted octanol–water partition coefficient (Wildman–Crippen LogP) is 1.29. The highest BCUT2D eigenvalue weighted by Gasteiger charge is 2.29. The normalized spacial score (nSPS) is 26.3. The second-order valence-electron chi connectivity index (χ2n) is 6.50. The van der Waals surface area contributed by atoms with Crippen LogP contribution in [0.15, 0.2) is 0 Å². The van der Waals surface area contributed by atoms with Gasteiger partial charge in [-0.25, -0.2) is 4.79 Å². The molecule has 19 heavy (non-hydrogen) atoms. The molecule has 1 amide bonds. The quantitative estimate of drug-likeness (QED) is 0.720. The minimum Gasteiger partial charge on any atom is -0.444 e. The molecule has 0 bridgehead atoms. The summed E-state index contributed by atoms with van der Waals surface area (Å²) in [6, 6.07) is 0.565. The van der Waals surface area contributed by atoms with Crippen molar-refractivity contribution in [2.45, 2.75) is 45.3 Å². The van der Waals surface area contributed by atoms with Gasteiger partial charge in [0, 0.05) is 32.2 Å². The molecule has 0 aliphatic carbocycles. The molecule has 0 aromatic rings. The van der Waals surface area contributed by atoms with Crippen molar-refractivity contribution in [1.82, 2.24) is 15.1 Å². The molecule has 0 aromatic heterocycles. The lowest BCUT2D eigenvalue weighted by molar-refractivity contribution is 0.0257. The van der Waals surface area contributed by atoms with Crippen LogP contribution in [-0.4, -0.2) is 66.8 Å². The maximum Gasteiger partial charge on any atom is 0.410 e. The second kappa shape index (κ2) is 6.09. The van der Waals surface area contributed by atoms with Gasteiger partial charge in [0.2, 0.25) is 0 Å². The minimum absolute atomic E-state index is 0.168. The molecule has 110 valence electrons. The first-order valence-electron chi connectivity index (χ1n) is 7.38. The van der Waals surface area contributed by atoms with E-state index in [0.717, 1.165) is 45.7 Å². The highest BCUT2D eigenvalue weighted by atomic mass is 16.6. The van der Waals surface area contributed by atoms with Crippen LogP contribution in [0.25, 0.3) is 0 Å². The molecule has 2 aliphatic heterocycles. The lowest BCUT2D eigenvalue weighted by Gasteiger charge is -2.26. The van der Waals surface area contributed by atoms with E-state index >= 15 is 0 Å². The third-order valence-electron chi connectivity index (χ3n) is 3.74. The number of hydrogen-bond acceptors (Lipinski definition) is 4. The van der Waals surface area contributed by atoms with Gasteiger partial charge in [0.25, 0.3) is 0 Å². The van der Waals surface area contributed by atoms with Crippen molar-refractivity contribution in [3.05, 3.63) is 0 Å². The van der Waals surface area contributed by atoms with Crippen LogP contribution in [0.1, 0.15) is 33.6 Å². The first kappa shape index (κ1) is 14.6. The van der Waals surface area contributed by atoms with E-state index in [1.54, 1.807) is 0 Å². The van der Waals surface area contributed by atoms with Gasteiger partial charge in [0.1, 0.15) is 5.60 Å². The van der Waals surface area contributed by atoms with E-state index in [0.29, 0.717) is 6.04 Å². The number of carbonyl (C=O) groups excluding carboxylic acids is 1. The molecule has 0 spiro atoms. The zero-order valence-corrected chi connectivity index (χ0v) is 12.4. The summed E-state index contributed by atoms with van der Waals surface area (Å²) in [6.45, 7) is 11.6. The van der Waals surface area contributed by atoms with Crippen LogP contribution in [0.3, 0.4) is 0 Å². The van der Waals surface area contributed by atoms with Gasteiger partial charge >= 0.3 is 6.09 Å². The summed E-state index contributed by atoms with van der Waals surface area (Å²) in [6.07, 6.45) is 2.06. The van der Waals surface area contributed by atoms with Crippen LogP contribution >= 0.6 is 0 Å². The van der Waals surface area contributed by atoms with E-state index in [1.807, 2.05) is 25.7 Å². The molecular weight excluding hydrogens is 242 g/mol. The van der Waals surface area contributed by atoms with Gasteiger partial charge < -0.3 is 15.0 Å². The molecule has 2 fully saturated rings. The lowest BCUT2D eigenvalue weighted by atomic mass is 10.2. The Morgan fingerprint density at radius 3 is 2.74 bits per heavy atom. The summed E-state index contributed by atoms with van der Waals surface area (Å²) >= 11 is 0. The zero-order valence-electron chi connectivity index (χ0n) is 12.4. The molecule has 1 unspecified atom stereocenters. The fourth-order valence-corrected chi connectivity index (χ4v) is 2.74. The van der Waals surface area contributed by atoms with Crippen LogP contribution in [-0.2, 0) is 4.74 Å². The van der Waals surface area contributed by atoms with E-state index in [1.165, 1.54) is 6.42 Å². The van der Waals surface area contributed by atoms with E-state index < -0.39 is 5.60 Å². The number of fused-ring (bicyclic) bond motifs is 1. The summed E-state index contributed by atoms with van der Waals surface area (Å²) in [5.74, 6) is 0. The zero-order chi connectivity index (χ0) is 13.9. The van der Waals surface area contributed by atoms with Crippen LogP contribution in [0.5, 0.6) is 0 Å². The number of ether oxygens (including phenoxy) is 1. The molecule has 2 saturated heterocycles. The Bertz CT molecular complexity index is 298. The van der Waals surface area contributed by atoms with Gasteiger partial charge in [0.05, 0.1) is 0 Å². The van der Waals surface area contributed by atoms with Crippen LogP contribution < -0.4 is 5.32 Å². The van der Waals surface area contributed by atoms with Crippen molar-refractivity contribution in [3.8, 4) is 0 Å². The summed E-state index contributed by atoms with van der Waals surface area (Å²) in [4.78, 5) is 16.5. The topological polar surface area (TPSA) is 44.8 Å². The highest BCUT2D eigenvalue weighted by molar-refractivity contribution is 5.68. The molecule has 1 N–H and O–H groups in total. The largest absolute Gasteiger partial charge is 0.444 e. The smallest absolute Gasteiger partial charge is 0.410 e. The molecule has 1 atom stereocenters. The Balaban J connectivity index is 1.91. The van der Waals surface area contributed by atoms with Gasteiger partial charge in [-0.1, -0.05) is 0 Å². The number of carbonyl (C=O) groups is 1. The van der Waals surface area contributed by atoms with Crippen molar-refractivity contribution in [2.75, 3.05) is 39.3 Å². The van der Waals surface area contributed by atoms with Gasteiger partial charge in [0.15, 0.2) is 0 Å². The molecule has 0 radical (unpaired) electrons. The molecule has 5 nitrogen and oxygen atoms in total. The Kier molecular flexibility index (Phi) is 4.68. The van der Waals surface area contributed by atoms with Gasteiger partial charge in [-0.2, -0.15) is 0 Å². The van der Waals surface area contributed by atoms with Gasteiger partial charge in [-0.3, -0.25) is 4.90 Å². The van der Waals surface area contributed by atoms with E-state index in [9.17, 15) is 4.79 Å². The van der Waals surface area contributed by atoms with Crippen molar-refractivity contribution >= 4 is 6.09 Å². The maximum atomic E-state index is 12.1. The Labute approximate surface area is 116 Å². The minimum atomic E-state index is -0.407. The maximum absolute atomic E-state index is 12.1. The summed E-state index contributed by atoms with van der Waals surface area (Å²) < 4.78 is 5.46. The Hall–Kier alpha value is -0.810. The van der Waals surface area contributed by atoms with Crippen molar-refractivity contribution in [1.29, 1.82) is 0 Å². The van der Waals surface area contributed by atoms with E-state index in [4.69, 9.17) is 4.74 Å². The average Bonchev–Trinajstić information content (AvgIpc) is 2.60. The number of rotatable bonds is 0. The fraction of sp³-hybridized carbons (Fsp3) is 0.929. The molecular formula is C14H27N3O2. The van der Waals surface area contributed by atoms with Crippen molar-refractivity contribution in [3.63, 3.8) is 0 Å². The molecule has 2 rings (SSSR count). The Morgan fingerprint density at radius 1 is 1.21 bits per heavy atom. The standard InChI is InChI=1S/C14H27N3O2/c1-14(2,3)19-13(18)17-8-5-12-11-15-6-4-7-16(12)9-10-17/h12,15H,4-11H2,1-3H3. The fourth-order valence-electron chi connectivity index (χ4n) is 2.74.